The summed E-state index contributed by atoms with van der Waals surface area (Å²) in [6, 6.07) is 7.16. The van der Waals surface area contributed by atoms with Crippen LogP contribution >= 0.6 is 23.2 Å². The topological polar surface area (TPSA) is 42.0 Å². The van der Waals surface area contributed by atoms with Gasteiger partial charge < -0.3 is 5.32 Å². The maximum absolute atomic E-state index is 13.2. The predicted molar refractivity (Wildman–Crippen MR) is 73.3 cm³/mol. The highest BCUT2D eigenvalue weighted by Crippen LogP contribution is 2.19. The summed E-state index contributed by atoms with van der Waals surface area (Å²) in [7, 11) is 0. The molecule has 1 N–H and O–H groups in total. The first-order valence-electron chi connectivity index (χ1n) is 5.36. The number of halogens is 3. The van der Waals surface area contributed by atoms with E-state index in [4.69, 9.17) is 23.2 Å². The lowest BCUT2D eigenvalue weighted by Gasteiger charge is -2.07. The maximum Gasteiger partial charge on any atom is 0.258 e. The summed E-state index contributed by atoms with van der Waals surface area (Å²) in [6.45, 7) is 1.73. The van der Waals surface area contributed by atoms with Gasteiger partial charge in [-0.3, -0.25) is 4.79 Å². The zero-order chi connectivity index (χ0) is 14.0. The zero-order valence-electron chi connectivity index (χ0n) is 9.88. The van der Waals surface area contributed by atoms with Crippen molar-refractivity contribution in [2.75, 3.05) is 5.32 Å². The lowest BCUT2D eigenvalue weighted by atomic mass is 10.2. The number of anilines is 1. The monoisotopic (exact) mass is 298 g/mol. The number of nitrogens with zero attached hydrogens (tertiary/aromatic N) is 1. The van der Waals surface area contributed by atoms with Crippen molar-refractivity contribution in [1.82, 2.24) is 4.98 Å². The van der Waals surface area contributed by atoms with Gasteiger partial charge in [0.2, 0.25) is 0 Å². The summed E-state index contributed by atoms with van der Waals surface area (Å²) in [5, 5.41) is 2.75. The second-order valence-electron chi connectivity index (χ2n) is 3.94. The molecule has 0 fully saturated rings. The Morgan fingerprint density at radius 2 is 2.00 bits per heavy atom. The van der Waals surface area contributed by atoms with Gasteiger partial charge in [0.1, 0.15) is 16.1 Å². The Balaban J connectivity index is 2.25. The fourth-order valence-corrected chi connectivity index (χ4v) is 2.02. The van der Waals surface area contributed by atoms with Crippen LogP contribution in [0.3, 0.4) is 0 Å². The molecule has 98 valence electrons. The molecule has 0 aliphatic carbocycles. The van der Waals surface area contributed by atoms with E-state index in [2.05, 4.69) is 10.3 Å². The van der Waals surface area contributed by atoms with Gasteiger partial charge >= 0.3 is 0 Å². The molecule has 1 heterocycles. The highest BCUT2D eigenvalue weighted by atomic mass is 35.5. The van der Waals surface area contributed by atoms with Crippen LogP contribution in [0.2, 0.25) is 10.3 Å². The van der Waals surface area contributed by atoms with Gasteiger partial charge in [0.05, 0.1) is 5.56 Å². The molecule has 19 heavy (non-hydrogen) atoms. The van der Waals surface area contributed by atoms with E-state index in [1.54, 1.807) is 13.0 Å². The molecular weight excluding hydrogens is 290 g/mol. The van der Waals surface area contributed by atoms with Gasteiger partial charge in [-0.25, -0.2) is 9.37 Å². The summed E-state index contributed by atoms with van der Waals surface area (Å²) in [4.78, 5) is 15.7. The Hall–Kier alpha value is -1.65. The molecule has 2 aromatic rings. The predicted octanol–water partition coefficient (Wildman–Crippen LogP) is 4.09. The number of pyridine rings is 1. The lowest BCUT2D eigenvalue weighted by Crippen LogP contribution is -2.13. The average molecular weight is 299 g/mol. The second kappa shape index (κ2) is 5.55. The fraction of sp³-hybridized carbons (Fsp3) is 0.0769. The van der Waals surface area contributed by atoms with Crippen molar-refractivity contribution in [2.24, 2.45) is 0 Å². The van der Waals surface area contributed by atoms with Gasteiger partial charge in [-0.05, 0) is 42.8 Å². The molecule has 0 aliphatic heterocycles. The largest absolute Gasteiger partial charge is 0.322 e. The molecule has 1 aromatic heterocycles. The van der Waals surface area contributed by atoms with Crippen molar-refractivity contribution >= 4 is 34.8 Å². The number of benzene rings is 1. The van der Waals surface area contributed by atoms with Gasteiger partial charge in [0.25, 0.3) is 5.91 Å². The second-order valence-corrected chi connectivity index (χ2v) is 4.69. The Morgan fingerprint density at radius 1 is 1.26 bits per heavy atom. The zero-order valence-corrected chi connectivity index (χ0v) is 11.4. The van der Waals surface area contributed by atoms with Gasteiger partial charge in [-0.2, -0.15) is 0 Å². The molecule has 1 aromatic carbocycles. The number of nitrogens with one attached hydrogen (secondary N) is 1. The van der Waals surface area contributed by atoms with Gasteiger partial charge in [-0.1, -0.05) is 23.2 Å². The smallest absolute Gasteiger partial charge is 0.258 e. The highest BCUT2D eigenvalue weighted by molar-refractivity contribution is 6.35. The number of aromatic nitrogens is 1. The Kier molecular flexibility index (Phi) is 4.02. The summed E-state index contributed by atoms with van der Waals surface area (Å²) in [5.74, 6) is -0.894. The molecule has 0 saturated heterocycles. The molecule has 0 bridgehead atoms. The standard InChI is InChI=1S/C13H9Cl2FN2O/c1-7-4-8(16)6-9(5-7)17-13(19)10-2-3-11(14)18-12(10)15/h2-6H,1H3,(H,17,19). The molecule has 0 unspecified atom stereocenters. The fourth-order valence-electron chi connectivity index (χ4n) is 1.59. The molecule has 0 spiro atoms. The molecule has 6 heteroatoms. The van der Waals surface area contributed by atoms with Crippen LogP contribution in [0, 0.1) is 12.7 Å². The molecule has 0 atom stereocenters. The number of carbonyl (C=O) groups excluding carboxylic acids is 1. The van der Waals surface area contributed by atoms with E-state index in [0.717, 1.165) is 0 Å². The SMILES string of the molecule is Cc1cc(F)cc(NC(=O)c2ccc(Cl)nc2Cl)c1. The first-order valence-corrected chi connectivity index (χ1v) is 6.12. The van der Waals surface area contributed by atoms with Crippen molar-refractivity contribution < 1.29 is 9.18 Å². The maximum atomic E-state index is 13.2. The van der Waals surface area contributed by atoms with E-state index in [1.165, 1.54) is 24.3 Å². The van der Waals surface area contributed by atoms with Crippen molar-refractivity contribution in [2.45, 2.75) is 6.92 Å². The van der Waals surface area contributed by atoms with E-state index in [9.17, 15) is 9.18 Å². The van der Waals surface area contributed by atoms with E-state index in [0.29, 0.717) is 11.3 Å². The number of hydrogen-bond donors (Lipinski definition) is 1. The van der Waals surface area contributed by atoms with Crippen LogP contribution in [0.25, 0.3) is 0 Å². The lowest BCUT2D eigenvalue weighted by molar-refractivity contribution is 0.102. The number of carbonyl (C=O) groups is 1. The number of hydrogen-bond acceptors (Lipinski definition) is 2. The van der Waals surface area contributed by atoms with E-state index in [1.807, 2.05) is 0 Å². The van der Waals surface area contributed by atoms with Crippen molar-refractivity contribution in [3.63, 3.8) is 0 Å². The Bertz CT molecular complexity index is 626. The minimum Gasteiger partial charge on any atom is -0.322 e. The molecule has 2 rings (SSSR count). The first-order chi connectivity index (χ1) is 8.95. The molecule has 3 nitrogen and oxygen atoms in total. The Labute approximate surface area is 119 Å². The summed E-state index contributed by atoms with van der Waals surface area (Å²) >= 11 is 11.5. The van der Waals surface area contributed by atoms with Crippen LogP contribution < -0.4 is 5.32 Å². The third kappa shape index (κ3) is 3.43. The van der Waals surface area contributed by atoms with E-state index < -0.39 is 11.7 Å². The van der Waals surface area contributed by atoms with Crippen LogP contribution in [0.15, 0.2) is 30.3 Å². The quantitative estimate of drug-likeness (QED) is 0.849. The minimum atomic E-state index is -0.473. The Morgan fingerprint density at radius 3 is 2.63 bits per heavy atom. The summed E-state index contributed by atoms with van der Waals surface area (Å²) in [6.07, 6.45) is 0. The van der Waals surface area contributed by atoms with Crippen LogP contribution in [-0.2, 0) is 0 Å². The van der Waals surface area contributed by atoms with Crippen LogP contribution in [0.4, 0.5) is 10.1 Å². The van der Waals surface area contributed by atoms with Crippen molar-refractivity contribution in [3.05, 3.63) is 57.6 Å². The number of amides is 1. The third-order valence-corrected chi connectivity index (χ3v) is 2.86. The van der Waals surface area contributed by atoms with Crippen LogP contribution in [0.5, 0.6) is 0 Å². The van der Waals surface area contributed by atoms with Crippen LogP contribution in [0.1, 0.15) is 15.9 Å². The molecule has 0 radical (unpaired) electrons. The summed E-state index contributed by atoms with van der Waals surface area (Å²) < 4.78 is 13.2. The molecule has 0 aliphatic rings. The first kappa shape index (κ1) is 13.8. The van der Waals surface area contributed by atoms with Gasteiger partial charge in [0, 0.05) is 5.69 Å². The number of aryl methyl sites for hydroxylation is 1. The van der Waals surface area contributed by atoms with Crippen molar-refractivity contribution in [1.29, 1.82) is 0 Å². The molecular formula is C13H9Cl2FN2O. The van der Waals surface area contributed by atoms with Gasteiger partial charge in [-0.15, -0.1) is 0 Å². The minimum absolute atomic E-state index is 0.00174. The molecule has 0 saturated carbocycles. The number of rotatable bonds is 2. The highest BCUT2D eigenvalue weighted by Gasteiger charge is 2.12. The molecule has 1 amide bonds. The van der Waals surface area contributed by atoms with E-state index in [-0.39, 0.29) is 15.9 Å². The third-order valence-electron chi connectivity index (χ3n) is 2.36. The van der Waals surface area contributed by atoms with E-state index >= 15 is 0 Å². The normalized spacial score (nSPS) is 10.3. The average Bonchev–Trinajstić information content (AvgIpc) is 2.26. The van der Waals surface area contributed by atoms with Crippen LogP contribution in [-0.4, -0.2) is 10.9 Å². The van der Waals surface area contributed by atoms with Crippen molar-refractivity contribution in [3.8, 4) is 0 Å². The summed E-state index contributed by atoms with van der Waals surface area (Å²) in [5.41, 5.74) is 1.23. The van der Waals surface area contributed by atoms with Gasteiger partial charge in [0.15, 0.2) is 0 Å².